The predicted molar refractivity (Wildman–Crippen MR) is 79.8 cm³/mol. The van der Waals surface area contributed by atoms with Crippen molar-refractivity contribution >= 4 is 40.5 Å². The average Bonchev–Trinajstić information content (AvgIpc) is 2.84. The van der Waals surface area contributed by atoms with E-state index >= 15 is 0 Å². The molecule has 1 heterocycles. The van der Waals surface area contributed by atoms with Gasteiger partial charge in [-0.05, 0) is 38.1 Å². The molecule has 1 saturated heterocycles. The summed E-state index contributed by atoms with van der Waals surface area (Å²) in [6.45, 7) is 2.94. The molecule has 0 atom stereocenters. The second kappa shape index (κ2) is 6.46. The van der Waals surface area contributed by atoms with Gasteiger partial charge in [0.15, 0.2) is 0 Å². The van der Waals surface area contributed by atoms with Gasteiger partial charge in [-0.2, -0.15) is 0 Å². The molecular weight excluding hydrogens is 285 g/mol. The van der Waals surface area contributed by atoms with Crippen LogP contribution >= 0.6 is 23.2 Å². The number of carbonyl (C=O) groups is 1. The number of hydrogen-bond acceptors (Lipinski definition) is 3. The molecule has 2 rings (SSSR count). The van der Waals surface area contributed by atoms with E-state index in [2.05, 4.69) is 10.2 Å². The van der Waals surface area contributed by atoms with Crippen LogP contribution < -0.4 is 11.1 Å². The van der Waals surface area contributed by atoms with Crippen molar-refractivity contribution in [3.8, 4) is 0 Å². The maximum absolute atomic E-state index is 11.9. The summed E-state index contributed by atoms with van der Waals surface area (Å²) in [7, 11) is 0. The van der Waals surface area contributed by atoms with Crippen molar-refractivity contribution in [3.63, 3.8) is 0 Å². The minimum atomic E-state index is -0.0807. The highest BCUT2D eigenvalue weighted by Crippen LogP contribution is 2.32. The molecular formula is C13H17Cl2N3O. The maximum atomic E-state index is 11.9. The molecule has 1 aliphatic heterocycles. The number of nitrogens with two attached hydrogens (primary N) is 1. The fraction of sp³-hybridized carbons (Fsp3) is 0.462. The van der Waals surface area contributed by atoms with Crippen LogP contribution in [0.25, 0.3) is 0 Å². The Bertz CT molecular complexity index is 450. The Morgan fingerprint density at radius 2 is 2.00 bits per heavy atom. The van der Waals surface area contributed by atoms with Gasteiger partial charge in [0.25, 0.3) is 0 Å². The van der Waals surface area contributed by atoms with Crippen LogP contribution in [0.5, 0.6) is 0 Å². The van der Waals surface area contributed by atoms with E-state index in [4.69, 9.17) is 28.9 Å². The normalized spacial score (nSPS) is 15.7. The smallest absolute Gasteiger partial charge is 0.225 e. The summed E-state index contributed by atoms with van der Waals surface area (Å²) in [4.78, 5) is 14.2. The van der Waals surface area contributed by atoms with E-state index in [0.29, 0.717) is 27.8 Å². The Morgan fingerprint density at radius 3 is 2.63 bits per heavy atom. The second-order valence-electron chi connectivity index (χ2n) is 4.70. The molecule has 1 aromatic carbocycles. The van der Waals surface area contributed by atoms with Crippen molar-refractivity contribution in [1.82, 2.24) is 4.90 Å². The van der Waals surface area contributed by atoms with Gasteiger partial charge in [-0.25, -0.2) is 0 Å². The number of nitrogens with one attached hydrogen (secondary N) is 1. The average molecular weight is 302 g/mol. The van der Waals surface area contributed by atoms with Gasteiger partial charge in [-0.3, -0.25) is 4.79 Å². The number of carbonyl (C=O) groups excluding carboxylic acids is 1. The summed E-state index contributed by atoms with van der Waals surface area (Å²) in [6, 6.07) is 3.14. The van der Waals surface area contributed by atoms with Gasteiger partial charge in [0, 0.05) is 18.0 Å². The Balaban J connectivity index is 1.91. The molecule has 0 aliphatic carbocycles. The molecule has 1 aromatic rings. The van der Waals surface area contributed by atoms with Crippen LogP contribution in [0, 0.1) is 0 Å². The zero-order chi connectivity index (χ0) is 13.8. The van der Waals surface area contributed by atoms with Crippen molar-refractivity contribution in [3.05, 3.63) is 22.2 Å². The molecule has 0 radical (unpaired) electrons. The van der Waals surface area contributed by atoms with E-state index in [1.807, 2.05) is 0 Å². The van der Waals surface area contributed by atoms with Crippen molar-refractivity contribution < 1.29 is 4.79 Å². The predicted octanol–water partition coefficient (Wildman–Crippen LogP) is 3.00. The highest BCUT2D eigenvalue weighted by atomic mass is 35.5. The van der Waals surface area contributed by atoms with Crippen LogP contribution in [0.4, 0.5) is 11.4 Å². The number of nitrogens with zero attached hydrogens (tertiary/aromatic N) is 1. The summed E-state index contributed by atoms with van der Waals surface area (Å²) in [5.41, 5.74) is 6.62. The number of nitrogen functional groups attached to an aromatic ring is 1. The number of rotatable bonds is 4. The Hall–Kier alpha value is -0.970. The zero-order valence-corrected chi connectivity index (χ0v) is 12.1. The molecule has 1 fully saturated rings. The molecule has 0 bridgehead atoms. The van der Waals surface area contributed by atoms with Crippen molar-refractivity contribution in [2.45, 2.75) is 19.3 Å². The second-order valence-corrected chi connectivity index (χ2v) is 5.54. The van der Waals surface area contributed by atoms with Gasteiger partial charge in [0.1, 0.15) is 0 Å². The minimum absolute atomic E-state index is 0.0807. The molecule has 1 amide bonds. The molecule has 104 valence electrons. The van der Waals surface area contributed by atoms with Gasteiger partial charge < -0.3 is 16.0 Å². The van der Waals surface area contributed by atoms with Crippen molar-refractivity contribution in [2.24, 2.45) is 0 Å². The first-order valence-corrected chi connectivity index (χ1v) is 7.08. The lowest BCUT2D eigenvalue weighted by atomic mass is 10.2. The van der Waals surface area contributed by atoms with E-state index in [9.17, 15) is 4.79 Å². The number of halogens is 2. The fourth-order valence-corrected chi connectivity index (χ4v) is 2.75. The van der Waals surface area contributed by atoms with E-state index in [0.717, 1.165) is 19.6 Å². The van der Waals surface area contributed by atoms with Crippen LogP contribution in [0.2, 0.25) is 10.0 Å². The molecule has 1 aliphatic rings. The van der Waals surface area contributed by atoms with Gasteiger partial charge in [0.2, 0.25) is 5.91 Å². The molecule has 0 spiro atoms. The van der Waals surface area contributed by atoms with Crippen molar-refractivity contribution in [1.29, 1.82) is 0 Å². The van der Waals surface area contributed by atoms with Crippen LogP contribution in [0.1, 0.15) is 19.3 Å². The van der Waals surface area contributed by atoms with Crippen molar-refractivity contribution in [2.75, 3.05) is 30.7 Å². The molecule has 4 nitrogen and oxygen atoms in total. The third kappa shape index (κ3) is 4.00. The topological polar surface area (TPSA) is 58.4 Å². The summed E-state index contributed by atoms with van der Waals surface area (Å²) in [6.07, 6.45) is 2.88. The SMILES string of the molecule is Nc1cc(Cl)cc(Cl)c1NC(=O)CCN1CCCC1. The molecule has 0 aromatic heterocycles. The minimum Gasteiger partial charge on any atom is -0.397 e. The highest BCUT2D eigenvalue weighted by Gasteiger charge is 2.14. The lowest BCUT2D eigenvalue weighted by Crippen LogP contribution is -2.25. The fourth-order valence-electron chi connectivity index (χ4n) is 2.19. The monoisotopic (exact) mass is 301 g/mol. The maximum Gasteiger partial charge on any atom is 0.225 e. The van der Waals surface area contributed by atoms with Crippen LogP contribution in [-0.4, -0.2) is 30.4 Å². The van der Waals surface area contributed by atoms with E-state index in [1.165, 1.54) is 12.8 Å². The zero-order valence-electron chi connectivity index (χ0n) is 10.6. The largest absolute Gasteiger partial charge is 0.397 e. The molecule has 0 unspecified atom stereocenters. The first-order chi connectivity index (χ1) is 9.06. The first-order valence-electron chi connectivity index (χ1n) is 6.33. The van der Waals surface area contributed by atoms with E-state index < -0.39 is 0 Å². The number of likely N-dealkylation sites (tertiary alicyclic amines) is 1. The quantitative estimate of drug-likeness (QED) is 0.841. The third-order valence-electron chi connectivity index (χ3n) is 3.20. The summed E-state index contributed by atoms with van der Waals surface area (Å²) in [5.74, 6) is -0.0807. The number of benzene rings is 1. The Kier molecular flexibility index (Phi) is 4.91. The molecule has 3 N–H and O–H groups in total. The lowest BCUT2D eigenvalue weighted by molar-refractivity contribution is -0.116. The summed E-state index contributed by atoms with van der Waals surface area (Å²) in [5, 5.41) is 3.57. The summed E-state index contributed by atoms with van der Waals surface area (Å²) < 4.78 is 0. The van der Waals surface area contributed by atoms with E-state index in [1.54, 1.807) is 12.1 Å². The van der Waals surface area contributed by atoms with Crippen LogP contribution in [0.15, 0.2) is 12.1 Å². The highest BCUT2D eigenvalue weighted by molar-refractivity contribution is 6.37. The Labute approximate surface area is 122 Å². The number of hydrogen-bond donors (Lipinski definition) is 2. The van der Waals surface area contributed by atoms with Gasteiger partial charge >= 0.3 is 0 Å². The standard InChI is InChI=1S/C13H17Cl2N3O/c14-9-7-10(15)13(11(16)8-9)17-12(19)3-6-18-4-1-2-5-18/h7-8H,1-6,16H2,(H,17,19). The third-order valence-corrected chi connectivity index (χ3v) is 3.72. The molecule has 6 heteroatoms. The van der Waals surface area contributed by atoms with E-state index in [-0.39, 0.29) is 5.91 Å². The van der Waals surface area contributed by atoms with Crippen LogP contribution in [0.3, 0.4) is 0 Å². The summed E-state index contributed by atoms with van der Waals surface area (Å²) >= 11 is 11.8. The van der Waals surface area contributed by atoms with Crippen LogP contribution in [-0.2, 0) is 4.79 Å². The molecule has 0 saturated carbocycles. The van der Waals surface area contributed by atoms with Gasteiger partial charge in [-0.1, -0.05) is 23.2 Å². The Morgan fingerprint density at radius 1 is 1.32 bits per heavy atom. The van der Waals surface area contributed by atoms with Gasteiger partial charge in [0.05, 0.1) is 16.4 Å². The number of amides is 1. The van der Waals surface area contributed by atoms with Gasteiger partial charge in [-0.15, -0.1) is 0 Å². The first kappa shape index (κ1) is 14.4. The number of anilines is 2. The molecule has 19 heavy (non-hydrogen) atoms. The lowest BCUT2D eigenvalue weighted by Gasteiger charge is -2.15.